The number of hydrogen-bond acceptors (Lipinski definition) is 2. The Hall–Kier alpha value is -1.75. The van der Waals surface area contributed by atoms with Gasteiger partial charge in [-0.2, -0.15) is 0 Å². The molecule has 3 rings (SSSR count). The summed E-state index contributed by atoms with van der Waals surface area (Å²) in [5, 5.41) is 1.08. The standard InChI is InChI=1S/C14H11Cl2N3O/c15-9-3-8(4-10(16)6-9)13(17)7-1-2-11-12(5-7)19-14(20)18-11/h1-6,13H,17H2,(H2,18,19,20). The molecule has 0 amide bonds. The molecule has 1 atom stereocenters. The van der Waals surface area contributed by atoms with Crippen molar-refractivity contribution in [1.29, 1.82) is 0 Å². The molecule has 0 radical (unpaired) electrons. The summed E-state index contributed by atoms with van der Waals surface area (Å²) in [6, 6.07) is 10.4. The minimum atomic E-state index is -0.367. The summed E-state index contributed by atoms with van der Waals surface area (Å²) >= 11 is 12.0. The Morgan fingerprint density at radius 3 is 2.25 bits per heavy atom. The molecule has 0 saturated carbocycles. The van der Waals surface area contributed by atoms with E-state index >= 15 is 0 Å². The second kappa shape index (κ2) is 4.98. The number of rotatable bonds is 2. The lowest BCUT2D eigenvalue weighted by Gasteiger charge is -2.13. The first-order chi connectivity index (χ1) is 9.52. The number of nitrogens with two attached hydrogens (primary N) is 1. The quantitative estimate of drug-likeness (QED) is 0.680. The van der Waals surface area contributed by atoms with E-state index in [4.69, 9.17) is 28.9 Å². The van der Waals surface area contributed by atoms with Crippen LogP contribution in [0.1, 0.15) is 17.2 Å². The van der Waals surface area contributed by atoms with Gasteiger partial charge in [-0.15, -0.1) is 0 Å². The number of hydrogen-bond donors (Lipinski definition) is 3. The van der Waals surface area contributed by atoms with Gasteiger partial charge in [0.2, 0.25) is 0 Å². The zero-order chi connectivity index (χ0) is 14.3. The molecule has 102 valence electrons. The third kappa shape index (κ3) is 2.45. The first kappa shape index (κ1) is 13.2. The molecule has 0 aliphatic carbocycles. The molecule has 0 aliphatic heterocycles. The number of imidazole rings is 1. The highest BCUT2D eigenvalue weighted by molar-refractivity contribution is 6.34. The van der Waals surface area contributed by atoms with Crippen LogP contribution in [0.3, 0.4) is 0 Å². The summed E-state index contributed by atoms with van der Waals surface area (Å²) in [5.41, 5.74) is 9.14. The molecule has 4 nitrogen and oxygen atoms in total. The number of H-pyrrole nitrogens is 2. The Morgan fingerprint density at radius 2 is 1.55 bits per heavy atom. The van der Waals surface area contributed by atoms with Gasteiger partial charge in [0.1, 0.15) is 0 Å². The predicted octanol–water partition coefficient (Wildman–Crippen LogP) is 3.21. The van der Waals surface area contributed by atoms with E-state index in [2.05, 4.69) is 9.97 Å². The molecule has 0 fully saturated rings. The smallest absolute Gasteiger partial charge is 0.320 e. The molecule has 4 N–H and O–H groups in total. The molecule has 2 aromatic carbocycles. The molecule has 1 heterocycles. The Balaban J connectivity index is 2.06. The molecular formula is C14H11Cl2N3O. The summed E-state index contributed by atoms with van der Waals surface area (Å²) in [4.78, 5) is 16.6. The largest absolute Gasteiger partial charge is 0.323 e. The average Bonchev–Trinajstić information content (AvgIpc) is 2.75. The van der Waals surface area contributed by atoms with Crippen LogP contribution in [0.25, 0.3) is 11.0 Å². The van der Waals surface area contributed by atoms with E-state index in [1.807, 2.05) is 18.2 Å². The van der Waals surface area contributed by atoms with E-state index < -0.39 is 0 Å². The molecule has 3 aromatic rings. The summed E-state index contributed by atoms with van der Waals surface area (Å²) < 4.78 is 0. The van der Waals surface area contributed by atoms with E-state index in [1.54, 1.807) is 18.2 Å². The normalized spacial score (nSPS) is 12.8. The zero-order valence-corrected chi connectivity index (χ0v) is 11.8. The first-order valence-electron chi connectivity index (χ1n) is 5.96. The van der Waals surface area contributed by atoms with E-state index in [0.29, 0.717) is 10.0 Å². The lowest BCUT2D eigenvalue weighted by molar-refractivity contribution is 0.873. The Kier molecular flexibility index (Phi) is 3.30. The summed E-state index contributed by atoms with van der Waals surface area (Å²) in [5.74, 6) is 0. The minimum absolute atomic E-state index is 0.239. The van der Waals surface area contributed by atoms with Crippen LogP contribution in [0.15, 0.2) is 41.2 Å². The zero-order valence-electron chi connectivity index (χ0n) is 10.3. The Labute approximate surface area is 124 Å². The maximum Gasteiger partial charge on any atom is 0.323 e. The van der Waals surface area contributed by atoms with Crippen LogP contribution >= 0.6 is 23.2 Å². The number of aromatic nitrogens is 2. The van der Waals surface area contributed by atoms with Crippen LogP contribution in [0.2, 0.25) is 10.0 Å². The van der Waals surface area contributed by atoms with Gasteiger partial charge in [0.05, 0.1) is 17.1 Å². The van der Waals surface area contributed by atoms with Crippen molar-refractivity contribution in [3.05, 3.63) is 68.1 Å². The van der Waals surface area contributed by atoms with Gasteiger partial charge in [-0.1, -0.05) is 29.3 Å². The van der Waals surface area contributed by atoms with Crippen molar-refractivity contribution in [1.82, 2.24) is 9.97 Å². The van der Waals surface area contributed by atoms with Crippen LogP contribution in [0, 0.1) is 0 Å². The van der Waals surface area contributed by atoms with Gasteiger partial charge in [-0.3, -0.25) is 0 Å². The third-order valence-electron chi connectivity index (χ3n) is 3.14. The van der Waals surface area contributed by atoms with E-state index in [9.17, 15) is 4.79 Å². The van der Waals surface area contributed by atoms with Gasteiger partial charge in [0.25, 0.3) is 0 Å². The maximum atomic E-state index is 11.3. The van der Waals surface area contributed by atoms with E-state index in [0.717, 1.165) is 22.2 Å². The Morgan fingerprint density at radius 1 is 0.900 bits per heavy atom. The fourth-order valence-electron chi connectivity index (χ4n) is 2.19. The highest BCUT2D eigenvalue weighted by atomic mass is 35.5. The van der Waals surface area contributed by atoms with Crippen molar-refractivity contribution in [2.45, 2.75) is 6.04 Å². The van der Waals surface area contributed by atoms with Gasteiger partial charge in [0.15, 0.2) is 0 Å². The number of nitrogens with one attached hydrogen (secondary N) is 2. The van der Waals surface area contributed by atoms with Crippen molar-refractivity contribution in [3.63, 3.8) is 0 Å². The van der Waals surface area contributed by atoms with Gasteiger partial charge < -0.3 is 15.7 Å². The summed E-state index contributed by atoms with van der Waals surface area (Å²) in [7, 11) is 0. The molecule has 20 heavy (non-hydrogen) atoms. The fourth-order valence-corrected chi connectivity index (χ4v) is 2.73. The van der Waals surface area contributed by atoms with Crippen LogP contribution in [-0.2, 0) is 0 Å². The van der Waals surface area contributed by atoms with Gasteiger partial charge in [-0.05, 0) is 41.5 Å². The predicted molar refractivity (Wildman–Crippen MR) is 81.4 cm³/mol. The van der Waals surface area contributed by atoms with Crippen molar-refractivity contribution in [2.24, 2.45) is 5.73 Å². The van der Waals surface area contributed by atoms with Crippen LogP contribution in [0.4, 0.5) is 0 Å². The van der Waals surface area contributed by atoms with Crippen molar-refractivity contribution in [2.75, 3.05) is 0 Å². The SMILES string of the molecule is NC(c1cc(Cl)cc(Cl)c1)c1ccc2[nH]c(=O)[nH]c2c1. The van der Waals surface area contributed by atoms with Gasteiger partial charge >= 0.3 is 5.69 Å². The molecule has 0 bridgehead atoms. The molecule has 6 heteroatoms. The molecule has 0 spiro atoms. The minimum Gasteiger partial charge on any atom is -0.320 e. The highest BCUT2D eigenvalue weighted by Gasteiger charge is 2.12. The monoisotopic (exact) mass is 307 g/mol. The van der Waals surface area contributed by atoms with Crippen molar-refractivity contribution in [3.8, 4) is 0 Å². The highest BCUT2D eigenvalue weighted by Crippen LogP contribution is 2.27. The summed E-state index contributed by atoms with van der Waals surface area (Å²) in [6.45, 7) is 0. The lowest BCUT2D eigenvalue weighted by Crippen LogP contribution is -2.11. The van der Waals surface area contributed by atoms with Crippen molar-refractivity contribution >= 4 is 34.2 Å². The maximum absolute atomic E-state index is 11.3. The Bertz CT molecular complexity index is 818. The molecule has 1 aromatic heterocycles. The third-order valence-corrected chi connectivity index (χ3v) is 3.58. The van der Waals surface area contributed by atoms with E-state index in [1.165, 1.54) is 0 Å². The second-order valence-electron chi connectivity index (χ2n) is 4.56. The van der Waals surface area contributed by atoms with Crippen LogP contribution in [0.5, 0.6) is 0 Å². The fraction of sp³-hybridized carbons (Fsp3) is 0.0714. The second-order valence-corrected chi connectivity index (χ2v) is 5.44. The number of halogens is 2. The topological polar surface area (TPSA) is 74.7 Å². The number of benzene rings is 2. The lowest BCUT2D eigenvalue weighted by atomic mass is 9.99. The summed E-state index contributed by atoms with van der Waals surface area (Å²) in [6.07, 6.45) is 0. The first-order valence-corrected chi connectivity index (χ1v) is 6.72. The van der Waals surface area contributed by atoms with Crippen molar-refractivity contribution < 1.29 is 0 Å². The molecule has 0 aliphatic rings. The number of aromatic amines is 2. The molecule has 1 unspecified atom stereocenters. The van der Waals surface area contributed by atoms with Gasteiger partial charge in [0, 0.05) is 10.0 Å². The average molecular weight is 308 g/mol. The van der Waals surface area contributed by atoms with E-state index in [-0.39, 0.29) is 11.7 Å². The van der Waals surface area contributed by atoms with Gasteiger partial charge in [-0.25, -0.2) is 4.79 Å². The number of fused-ring (bicyclic) bond motifs is 1. The van der Waals surface area contributed by atoms with Crippen LogP contribution < -0.4 is 11.4 Å². The molecule has 0 saturated heterocycles. The van der Waals surface area contributed by atoms with Crippen LogP contribution in [-0.4, -0.2) is 9.97 Å². The molecular weight excluding hydrogens is 297 g/mol.